The maximum atomic E-state index is 8.07. The number of para-hydroxylation sites is 1. The smallest absolute Gasteiger partial charge is 0.122 e. The molecule has 0 bridgehead atoms. The number of benzene rings is 1. The molecular formula is C10H13N3O. The van der Waals surface area contributed by atoms with Crippen molar-refractivity contribution in [2.24, 2.45) is 5.11 Å². The summed E-state index contributed by atoms with van der Waals surface area (Å²) >= 11 is 0. The van der Waals surface area contributed by atoms with Gasteiger partial charge in [0.15, 0.2) is 0 Å². The van der Waals surface area contributed by atoms with E-state index in [1.807, 2.05) is 24.3 Å². The molecule has 14 heavy (non-hydrogen) atoms. The Morgan fingerprint density at radius 1 is 1.43 bits per heavy atom. The van der Waals surface area contributed by atoms with Gasteiger partial charge in [0, 0.05) is 4.91 Å². The van der Waals surface area contributed by atoms with E-state index in [4.69, 9.17) is 10.3 Å². The number of aryl methyl sites for hydroxylation is 1. The van der Waals surface area contributed by atoms with Crippen molar-refractivity contribution in [3.8, 4) is 5.75 Å². The summed E-state index contributed by atoms with van der Waals surface area (Å²) in [7, 11) is 0. The Kier molecular flexibility index (Phi) is 4.38. The number of hydrogen-bond acceptors (Lipinski definition) is 2. The van der Waals surface area contributed by atoms with Crippen molar-refractivity contribution in [2.75, 3.05) is 13.2 Å². The molecule has 1 aromatic rings. The molecule has 0 saturated heterocycles. The molecule has 1 rings (SSSR count). The normalized spacial score (nSPS) is 9.21. The van der Waals surface area contributed by atoms with Gasteiger partial charge in [0.25, 0.3) is 0 Å². The fourth-order valence-electron chi connectivity index (χ4n) is 1.18. The highest BCUT2D eigenvalue weighted by Gasteiger charge is 1.98. The highest BCUT2D eigenvalue weighted by atomic mass is 16.5. The first kappa shape index (κ1) is 10.4. The molecule has 4 nitrogen and oxygen atoms in total. The lowest BCUT2D eigenvalue weighted by Gasteiger charge is -2.08. The van der Waals surface area contributed by atoms with Gasteiger partial charge in [-0.15, -0.1) is 0 Å². The second-order valence-corrected chi connectivity index (χ2v) is 2.76. The summed E-state index contributed by atoms with van der Waals surface area (Å²) in [5, 5.41) is 3.40. The zero-order valence-corrected chi connectivity index (χ0v) is 8.18. The molecule has 74 valence electrons. The van der Waals surface area contributed by atoms with E-state index < -0.39 is 0 Å². The van der Waals surface area contributed by atoms with Crippen molar-refractivity contribution in [2.45, 2.75) is 13.3 Å². The van der Waals surface area contributed by atoms with E-state index in [9.17, 15) is 0 Å². The highest BCUT2D eigenvalue weighted by Crippen LogP contribution is 2.17. The molecule has 0 unspecified atom stereocenters. The van der Waals surface area contributed by atoms with E-state index in [-0.39, 0.29) is 0 Å². The van der Waals surface area contributed by atoms with Gasteiger partial charge in [-0.05, 0) is 23.6 Å². The Balaban J connectivity index is 2.52. The monoisotopic (exact) mass is 191 g/mol. The SMILES string of the molecule is CCc1ccccc1OCCN=[N+]=[N-]. The van der Waals surface area contributed by atoms with Crippen LogP contribution in [0.5, 0.6) is 5.75 Å². The van der Waals surface area contributed by atoms with Gasteiger partial charge in [-0.1, -0.05) is 30.2 Å². The number of hydrogen-bond donors (Lipinski definition) is 0. The van der Waals surface area contributed by atoms with Crippen LogP contribution in [0.3, 0.4) is 0 Å². The Hall–Kier alpha value is -1.67. The minimum Gasteiger partial charge on any atom is -0.493 e. The quantitative estimate of drug-likeness (QED) is 0.305. The fourth-order valence-corrected chi connectivity index (χ4v) is 1.18. The van der Waals surface area contributed by atoms with Crippen LogP contribution in [0, 0.1) is 0 Å². The largest absolute Gasteiger partial charge is 0.493 e. The van der Waals surface area contributed by atoms with Gasteiger partial charge < -0.3 is 4.74 Å². The highest BCUT2D eigenvalue weighted by molar-refractivity contribution is 5.33. The summed E-state index contributed by atoms with van der Waals surface area (Å²) < 4.78 is 5.47. The van der Waals surface area contributed by atoms with Gasteiger partial charge in [0.1, 0.15) is 5.75 Å². The average molecular weight is 191 g/mol. The van der Waals surface area contributed by atoms with E-state index in [1.54, 1.807) is 0 Å². The van der Waals surface area contributed by atoms with Crippen LogP contribution in [0.15, 0.2) is 29.4 Å². The lowest BCUT2D eigenvalue weighted by atomic mass is 10.1. The molecule has 0 aromatic heterocycles. The summed E-state index contributed by atoms with van der Waals surface area (Å²) in [6, 6.07) is 7.87. The Labute approximate surface area is 83.1 Å². The topological polar surface area (TPSA) is 58.0 Å². The van der Waals surface area contributed by atoms with Crippen molar-refractivity contribution in [3.63, 3.8) is 0 Å². The molecule has 0 amide bonds. The zero-order chi connectivity index (χ0) is 10.2. The molecular weight excluding hydrogens is 178 g/mol. The Bertz CT molecular complexity index is 332. The van der Waals surface area contributed by atoms with Crippen LogP contribution in [-0.2, 0) is 6.42 Å². The number of nitrogens with zero attached hydrogens (tertiary/aromatic N) is 3. The second kappa shape index (κ2) is 5.89. The lowest BCUT2D eigenvalue weighted by Crippen LogP contribution is -2.02. The third-order valence-corrected chi connectivity index (χ3v) is 1.87. The third kappa shape index (κ3) is 2.99. The van der Waals surface area contributed by atoms with Gasteiger partial charge in [-0.3, -0.25) is 0 Å². The first-order valence-corrected chi connectivity index (χ1v) is 4.60. The minimum absolute atomic E-state index is 0.370. The molecule has 0 radical (unpaired) electrons. The first-order chi connectivity index (χ1) is 6.88. The molecule has 0 saturated carbocycles. The van der Waals surface area contributed by atoms with E-state index >= 15 is 0 Å². The second-order valence-electron chi connectivity index (χ2n) is 2.76. The Morgan fingerprint density at radius 2 is 2.21 bits per heavy atom. The van der Waals surface area contributed by atoms with Crippen LogP contribution in [0.2, 0.25) is 0 Å². The van der Waals surface area contributed by atoms with Crippen LogP contribution in [0.25, 0.3) is 10.4 Å². The summed E-state index contributed by atoms with van der Waals surface area (Å²) in [4.78, 5) is 2.65. The summed E-state index contributed by atoms with van der Waals surface area (Å²) in [6.07, 6.45) is 0.942. The van der Waals surface area contributed by atoms with E-state index in [0.29, 0.717) is 13.2 Å². The van der Waals surface area contributed by atoms with E-state index in [0.717, 1.165) is 12.2 Å². The van der Waals surface area contributed by atoms with E-state index in [2.05, 4.69) is 16.9 Å². The van der Waals surface area contributed by atoms with Crippen LogP contribution in [0.4, 0.5) is 0 Å². The number of rotatable bonds is 5. The molecule has 0 fully saturated rings. The molecule has 0 spiro atoms. The van der Waals surface area contributed by atoms with Crippen LogP contribution in [0.1, 0.15) is 12.5 Å². The van der Waals surface area contributed by atoms with Gasteiger partial charge >= 0.3 is 0 Å². The van der Waals surface area contributed by atoms with Gasteiger partial charge in [0.05, 0.1) is 13.2 Å². The van der Waals surface area contributed by atoms with E-state index in [1.165, 1.54) is 5.56 Å². The predicted octanol–water partition coefficient (Wildman–Crippen LogP) is 2.94. The molecule has 0 aliphatic heterocycles. The minimum atomic E-state index is 0.370. The predicted molar refractivity (Wildman–Crippen MR) is 55.3 cm³/mol. The van der Waals surface area contributed by atoms with Crippen molar-refractivity contribution in [3.05, 3.63) is 40.3 Å². The van der Waals surface area contributed by atoms with Crippen molar-refractivity contribution >= 4 is 0 Å². The van der Waals surface area contributed by atoms with Crippen LogP contribution >= 0.6 is 0 Å². The lowest BCUT2D eigenvalue weighted by molar-refractivity contribution is 0.325. The maximum Gasteiger partial charge on any atom is 0.122 e. The molecule has 1 aromatic carbocycles. The summed E-state index contributed by atoms with van der Waals surface area (Å²) in [5.74, 6) is 0.878. The molecule has 0 aliphatic rings. The number of ether oxygens (including phenoxy) is 1. The molecule has 0 aliphatic carbocycles. The number of azide groups is 1. The molecule has 0 N–H and O–H groups in total. The fraction of sp³-hybridized carbons (Fsp3) is 0.400. The van der Waals surface area contributed by atoms with Gasteiger partial charge in [0.2, 0.25) is 0 Å². The summed E-state index contributed by atoms with van der Waals surface area (Å²) in [6.45, 7) is 2.88. The van der Waals surface area contributed by atoms with Crippen molar-refractivity contribution in [1.29, 1.82) is 0 Å². The molecule has 4 heteroatoms. The van der Waals surface area contributed by atoms with Crippen molar-refractivity contribution < 1.29 is 4.74 Å². The zero-order valence-electron chi connectivity index (χ0n) is 8.18. The van der Waals surface area contributed by atoms with Crippen molar-refractivity contribution in [1.82, 2.24) is 0 Å². The maximum absolute atomic E-state index is 8.07. The summed E-state index contributed by atoms with van der Waals surface area (Å²) in [5.41, 5.74) is 9.24. The van der Waals surface area contributed by atoms with Crippen LogP contribution < -0.4 is 4.74 Å². The third-order valence-electron chi connectivity index (χ3n) is 1.87. The van der Waals surface area contributed by atoms with Gasteiger partial charge in [-0.2, -0.15) is 0 Å². The van der Waals surface area contributed by atoms with Gasteiger partial charge in [-0.25, -0.2) is 0 Å². The standard InChI is InChI=1S/C10H13N3O/c1-2-9-5-3-4-6-10(9)14-8-7-12-13-11/h3-6H,2,7-8H2,1H3. The first-order valence-electron chi connectivity index (χ1n) is 4.60. The Morgan fingerprint density at radius 3 is 2.93 bits per heavy atom. The molecule has 0 atom stereocenters. The molecule has 0 heterocycles. The average Bonchev–Trinajstić information content (AvgIpc) is 2.25. The van der Waals surface area contributed by atoms with Crippen LogP contribution in [-0.4, -0.2) is 13.2 Å².